The van der Waals surface area contributed by atoms with Crippen molar-refractivity contribution in [1.82, 2.24) is 5.32 Å². The van der Waals surface area contributed by atoms with E-state index in [0.29, 0.717) is 6.42 Å². The molecule has 0 bridgehead atoms. The Kier molecular flexibility index (Phi) is 9.71. The number of nitrogens with one attached hydrogen (secondary N) is 1. The zero-order valence-electron chi connectivity index (χ0n) is 14.4. The van der Waals surface area contributed by atoms with Crippen molar-refractivity contribution in [2.45, 2.75) is 102 Å². The number of amides is 1. The van der Waals surface area contributed by atoms with Gasteiger partial charge in [0.05, 0.1) is 6.10 Å². The molecule has 1 saturated heterocycles. The summed E-state index contributed by atoms with van der Waals surface area (Å²) in [7, 11) is 0. The molecule has 1 fully saturated rings. The Balaban J connectivity index is 2.16. The number of hydrogen-bond donors (Lipinski definition) is 4. The summed E-state index contributed by atoms with van der Waals surface area (Å²) in [5.41, 5.74) is 0. The van der Waals surface area contributed by atoms with Crippen LogP contribution in [0.2, 0.25) is 0 Å². The minimum Gasteiger partial charge on any atom is -0.388 e. The molecular weight excluding hydrogens is 298 g/mol. The molecule has 1 amide bonds. The van der Waals surface area contributed by atoms with Gasteiger partial charge in [-0.15, -0.1) is 0 Å². The van der Waals surface area contributed by atoms with Gasteiger partial charge in [0, 0.05) is 6.42 Å². The summed E-state index contributed by atoms with van der Waals surface area (Å²) in [6.45, 7) is 3.76. The Labute approximate surface area is 139 Å². The zero-order chi connectivity index (χ0) is 17.2. The molecule has 0 saturated carbocycles. The molecule has 1 unspecified atom stereocenters. The maximum Gasteiger partial charge on any atom is 0.220 e. The topological polar surface area (TPSA) is 99.0 Å². The van der Waals surface area contributed by atoms with Crippen LogP contribution in [0.15, 0.2) is 0 Å². The molecule has 1 rings (SSSR count). The molecule has 6 nitrogen and oxygen atoms in total. The van der Waals surface area contributed by atoms with Gasteiger partial charge in [-0.1, -0.05) is 51.9 Å². The summed E-state index contributed by atoms with van der Waals surface area (Å²) in [4.78, 5) is 11.9. The summed E-state index contributed by atoms with van der Waals surface area (Å²) < 4.78 is 5.10. The highest BCUT2D eigenvalue weighted by Crippen LogP contribution is 2.19. The SMILES string of the molecule is CCCCCCCCCCC(=O)N[C@H]1C(O)O[C@H](C)[C@@H](O)[C@@H]1O. The van der Waals surface area contributed by atoms with Crippen molar-refractivity contribution < 1.29 is 24.9 Å². The van der Waals surface area contributed by atoms with Crippen LogP contribution in [0.25, 0.3) is 0 Å². The average Bonchev–Trinajstić information content (AvgIpc) is 2.52. The molecule has 0 aliphatic carbocycles. The third kappa shape index (κ3) is 7.16. The minimum absolute atomic E-state index is 0.232. The van der Waals surface area contributed by atoms with Gasteiger partial charge in [-0.25, -0.2) is 0 Å². The van der Waals surface area contributed by atoms with Crippen LogP contribution in [0.4, 0.5) is 0 Å². The number of rotatable bonds is 10. The molecule has 6 heteroatoms. The van der Waals surface area contributed by atoms with Crippen molar-refractivity contribution in [1.29, 1.82) is 0 Å². The van der Waals surface area contributed by atoms with Gasteiger partial charge in [0.2, 0.25) is 5.91 Å². The van der Waals surface area contributed by atoms with E-state index in [4.69, 9.17) is 4.74 Å². The number of unbranched alkanes of at least 4 members (excludes halogenated alkanes) is 7. The van der Waals surface area contributed by atoms with E-state index in [2.05, 4.69) is 12.2 Å². The van der Waals surface area contributed by atoms with Crippen LogP contribution in [-0.2, 0) is 9.53 Å². The van der Waals surface area contributed by atoms with E-state index >= 15 is 0 Å². The first kappa shape index (κ1) is 20.4. The maximum atomic E-state index is 11.9. The second-order valence-electron chi connectivity index (χ2n) is 6.53. The van der Waals surface area contributed by atoms with Gasteiger partial charge in [0.15, 0.2) is 6.29 Å². The van der Waals surface area contributed by atoms with Crippen molar-refractivity contribution in [3.8, 4) is 0 Å². The molecule has 1 aliphatic rings. The Bertz CT molecular complexity index is 339. The van der Waals surface area contributed by atoms with E-state index in [1.54, 1.807) is 6.92 Å². The van der Waals surface area contributed by atoms with Gasteiger partial charge in [0.1, 0.15) is 18.2 Å². The van der Waals surface area contributed by atoms with Crippen LogP contribution in [0, 0.1) is 0 Å². The first-order valence-corrected chi connectivity index (χ1v) is 8.96. The summed E-state index contributed by atoms with van der Waals surface area (Å²) in [6, 6.07) is -0.984. The highest BCUT2D eigenvalue weighted by atomic mass is 16.6. The molecule has 1 aliphatic heterocycles. The fourth-order valence-electron chi connectivity index (χ4n) is 2.88. The highest BCUT2D eigenvalue weighted by Gasteiger charge is 2.42. The smallest absolute Gasteiger partial charge is 0.220 e. The Morgan fingerprint density at radius 1 is 0.957 bits per heavy atom. The number of hydrogen-bond acceptors (Lipinski definition) is 5. The number of aliphatic hydroxyl groups excluding tert-OH is 3. The molecule has 0 aromatic carbocycles. The molecule has 0 aromatic heterocycles. The van der Waals surface area contributed by atoms with Crippen LogP contribution < -0.4 is 5.32 Å². The predicted octanol–water partition coefficient (Wildman–Crippen LogP) is 1.46. The van der Waals surface area contributed by atoms with E-state index in [0.717, 1.165) is 19.3 Å². The minimum atomic E-state index is -1.30. The van der Waals surface area contributed by atoms with E-state index < -0.39 is 30.6 Å². The number of carbonyl (C=O) groups excluding carboxylic acids is 1. The van der Waals surface area contributed by atoms with E-state index in [1.165, 1.54) is 32.1 Å². The van der Waals surface area contributed by atoms with Gasteiger partial charge in [0.25, 0.3) is 0 Å². The lowest BCUT2D eigenvalue weighted by atomic mass is 9.97. The molecule has 4 N–H and O–H groups in total. The quantitative estimate of drug-likeness (QED) is 0.454. The van der Waals surface area contributed by atoms with Gasteiger partial charge < -0.3 is 25.4 Å². The largest absolute Gasteiger partial charge is 0.388 e. The fourth-order valence-corrected chi connectivity index (χ4v) is 2.88. The van der Waals surface area contributed by atoms with Crippen LogP contribution in [0.5, 0.6) is 0 Å². The Morgan fingerprint density at radius 3 is 2.13 bits per heavy atom. The maximum absolute atomic E-state index is 11.9. The van der Waals surface area contributed by atoms with Crippen molar-refractivity contribution in [3.05, 3.63) is 0 Å². The third-order valence-electron chi connectivity index (χ3n) is 4.45. The second kappa shape index (κ2) is 11.0. The Hall–Kier alpha value is -0.690. The van der Waals surface area contributed by atoms with Crippen LogP contribution >= 0.6 is 0 Å². The van der Waals surface area contributed by atoms with Gasteiger partial charge in [-0.05, 0) is 13.3 Å². The Morgan fingerprint density at radius 2 is 1.52 bits per heavy atom. The molecule has 1 heterocycles. The van der Waals surface area contributed by atoms with Crippen molar-refractivity contribution in [2.75, 3.05) is 0 Å². The van der Waals surface area contributed by atoms with Crippen LogP contribution in [0.3, 0.4) is 0 Å². The van der Waals surface area contributed by atoms with Crippen molar-refractivity contribution in [2.24, 2.45) is 0 Å². The second-order valence-corrected chi connectivity index (χ2v) is 6.53. The summed E-state index contributed by atoms with van der Waals surface area (Å²) in [5, 5.41) is 32.0. The average molecular weight is 331 g/mol. The lowest BCUT2D eigenvalue weighted by molar-refractivity contribution is -0.242. The van der Waals surface area contributed by atoms with Crippen LogP contribution in [0.1, 0.15) is 71.6 Å². The van der Waals surface area contributed by atoms with Gasteiger partial charge >= 0.3 is 0 Å². The van der Waals surface area contributed by atoms with E-state index in [-0.39, 0.29) is 5.91 Å². The lowest BCUT2D eigenvalue weighted by Gasteiger charge is -2.39. The molecule has 23 heavy (non-hydrogen) atoms. The standard InChI is InChI=1S/C17H33NO5/c1-3-4-5-6-7-8-9-10-11-13(19)18-14-16(21)15(20)12(2)23-17(14)22/h12,14-17,20-22H,3-11H2,1-2H3,(H,18,19)/t12-,14-,15-,16-,17?/m1/s1. The number of aliphatic hydroxyl groups is 3. The normalized spacial score (nSPS) is 31.1. The monoisotopic (exact) mass is 331 g/mol. The zero-order valence-corrected chi connectivity index (χ0v) is 14.4. The molecule has 0 aromatic rings. The molecular formula is C17H33NO5. The first-order chi connectivity index (χ1) is 11.0. The van der Waals surface area contributed by atoms with Crippen molar-refractivity contribution in [3.63, 3.8) is 0 Å². The van der Waals surface area contributed by atoms with Crippen molar-refractivity contribution >= 4 is 5.91 Å². The predicted molar refractivity (Wildman–Crippen MR) is 87.7 cm³/mol. The van der Waals surface area contributed by atoms with Gasteiger partial charge in [-0.2, -0.15) is 0 Å². The number of ether oxygens (including phenoxy) is 1. The van der Waals surface area contributed by atoms with E-state index in [9.17, 15) is 20.1 Å². The summed E-state index contributed by atoms with van der Waals surface area (Å²) in [5.74, 6) is -0.232. The fraction of sp³-hybridized carbons (Fsp3) is 0.941. The summed E-state index contributed by atoms with van der Waals surface area (Å²) in [6.07, 6.45) is 5.26. The lowest BCUT2D eigenvalue weighted by Crippen LogP contribution is -2.62. The molecule has 136 valence electrons. The van der Waals surface area contributed by atoms with Gasteiger partial charge in [-0.3, -0.25) is 4.79 Å². The molecule has 0 radical (unpaired) electrons. The highest BCUT2D eigenvalue weighted by molar-refractivity contribution is 5.76. The van der Waals surface area contributed by atoms with Crippen LogP contribution in [-0.4, -0.2) is 51.9 Å². The van der Waals surface area contributed by atoms with E-state index in [1.807, 2.05) is 0 Å². The molecule has 0 spiro atoms. The number of carbonyl (C=O) groups is 1. The third-order valence-corrected chi connectivity index (χ3v) is 4.45. The first-order valence-electron chi connectivity index (χ1n) is 8.96. The molecule has 5 atom stereocenters. The summed E-state index contributed by atoms with van der Waals surface area (Å²) >= 11 is 0.